The Morgan fingerprint density at radius 3 is 2.42 bits per heavy atom. The molecule has 110 valence electrons. The van der Waals surface area contributed by atoms with Crippen LogP contribution in [0.1, 0.15) is 51.9 Å². The third-order valence-corrected chi connectivity index (χ3v) is 5.92. The first-order valence-electron chi connectivity index (χ1n) is 8.47. The van der Waals surface area contributed by atoms with Crippen LogP contribution in [0.4, 0.5) is 0 Å². The van der Waals surface area contributed by atoms with Gasteiger partial charge < -0.3 is 10.2 Å². The Balaban J connectivity index is 1.60. The maximum Gasteiger partial charge on any atom is 0.0126 e. The molecule has 0 aliphatic carbocycles. The van der Waals surface area contributed by atoms with Crippen LogP contribution in [0.15, 0.2) is 0 Å². The van der Waals surface area contributed by atoms with E-state index in [0.717, 1.165) is 24.2 Å². The van der Waals surface area contributed by atoms with Gasteiger partial charge in [-0.25, -0.2) is 0 Å². The Morgan fingerprint density at radius 2 is 1.74 bits per heavy atom. The predicted molar refractivity (Wildman–Crippen MR) is 80.5 cm³/mol. The summed E-state index contributed by atoms with van der Waals surface area (Å²) in [4.78, 5) is 5.49. The highest BCUT2D eigenvalue weighted by molar-refractivity contribution is 4.95. The summed E-state index contributed by atoms with van der Waals surface area (Å²) in [5.41, 5.74) is 0. The van der Waals surface area contributed by atoms with E-state index >= 15 is 0 Å². The van der Waals surface area contributed by atoms with Crippen LogP contribution >= 0.6 is 0 Å². The fourth-order valence-electron chi connectivity index (χ4n) is 4.55. The van der Waals surface area contributed by atoms with Gasteiger partial charge in [0.25, 0.3) is 0 Å². The number of hydrogen-bond donors (Lipinski definition) is 1. The minimum absolute atomic E-state index is 0.760. The molecule has 3 fully saturated rings. The van der Waals surface area contributed by atoms with Crippen LogP contribution in [-0.4, -0.2) is 60.6 Å². The van der Waals surface area contributed by atoms with Crippen molar-refractivity contribution in [3.8, 4) is 0 Å². The first-order valence-corrected chi connectivity index (χ1v) is 8.47. The zero-order valence-corrected chi connectivity index (χ0v) is 12.8. The zero-order chi connectivity index (χ0) is 13.2. The highest BCUT2D eigenvalue weighted by Gasteiger charge is 2.38. The van der Waals surface area contributed by atoms with E-state index < -0.39 is 0 Å². The van der Waals surface area contributed by atoms with E-state index in [0.29, 0.717) is 0 Å². The average molecular weight is 265 g/mol. The van der Waals surface area contributed by atoms with Crippen LogP contribution in [0.3, 0.4) is 0 Å². The molecular weight excluding hydrogens is 234 g/mol. The third-order valence-electron chi connectivity index (χ3n) is 5.92. The zero-order valence-electron chi connectivity index (χ0n) is 12.8. The minimum atomic E-state index is 0.760. The molecule has 0 aromatic carbocycles. The van der Waals surface area contributed by atoms with E-state index in [9.17, 15) is 0 Å². The number of fused-ring (bicyclic) bond motifs is 2. The maximum atomic E-state index is 3.71. The summed E-state index contributed by atoms with van der Waals surface area (Å²) in [7, 11) is 2.36. The highest BCUT2D eigenvalue weighted by atomic mass is 15.2. The Labute approximate surface area is 118 Å². The number of nitrogens with one attached hydrogen (secondary N) is 1. The van der Waals surface area contributed by atoms with Crippen molar-refractivity contribution in [1.82, 2.24) is 15.1 Å². The first kappa shape index (κ1) is 13.8. The first-order chi connectivity index (χ1) is 9.28. The lowest BCUT2D eigenvalue weighted by Crippen LogP contribution is -2.55. The van der Waals surface area contributed by atoms with E-state index in [1.54, 1.807) is 0 Å². The molecule has 3 heterocycles. The molecule has 3 aliphatic heterocycles. The molecule has 0 saturated carbocycles. The molecular formula is C16H31N3. The lowest BCUT2D eigenvalue weighted by molar-refractivity contribution is 0.0107. The fraction of sp³-hybridized carbons (Fsp3) is 1.00. The van der Waals surface area contributed by atoms with Crippen molar-refractivity contribution < 1.29 is 0 Å². The molecule has 3 heteroatoms. The lowest BCUT2D eigenvalue weighted by atomic mass is 9.81. The fourth-order valence-corrected chi connectivity index (χ4v) is 4.55. The molecule has 3 atom stereocenters. The van der Waals surface area contributed by atoms with Crippen molar-refractivity contribution in [2.24, 2.45) is 0 Å². The summed E-state index contributed by atoms with van der Waals surface area (Å²) in [6.07, 6.45) is 9.81. The van der Waals surface area contributed by atoms with Crippen LogP contribution in [0.25, 0.3) is 0 Å². The summed E-state index contributed by atoms with van der Waals surface area (Å²) >= 11 is 0. The maximum absolute atomic E-state index is 3.71. The SMILES string of the molecule is CCC1CCN(C2CC3CCCC(C2)N3C)CCN1. The van der Waals surface area contributed by atoms with Gasteiger partial charge in [0.15, 0.2) is 0 Å². The monoisotopic (exact) mass is 265 g/mol. The van der Waals surface area contributed by atoms with Crippen LogP contribution < -0.4 is 5.32 Å². The van der Waals surface area contributed by atoms with Crippen LogP contribution in [0, 0.1) is 0 Å². The largest absolute Gasteiger partial charge is 0.313 e. The van der Waals surface area contributed by atoms with E-state index in [1.165, 1.54) is 64.6 Å². The lowest BCUT2D eigenvalue weighted by Gasteiger charge is -2.49. The van der Waals surface area contributed by atoms with Gasteiger partial charge in [0.1, 0.15) is 0 Å². The Hall–Kier alpha value is -0.120. The standard InChI is InChI=1S/C16H31N3/c1-3-13-7-9-19(10-8-17-13)16-11-14-5-4-6-15(12-16)18(14)2/h13-17H,3-12H2,1-2H3. The number of nitrogens with zero attached hydrogens (tertiary/aromatic N) is 2. The molecule has 19 heavy (non-hydrogen) atoms. The van der Waals surface area contributed by atoms with Gasteiger partial charge in [0, 0.05) is 37.3 Å². The molecule has 0 radical (unpaired) electrons. The van der Waals surface area contributed by atoms with E-state index in [4.69, 9.17) is 0 Å². The van der Waals surface area contributed by atoms with E-state index in [1.807, 2.05) is 0 Å². The molecule has 0 spiro atoms. The molecule has 0 aromatic heterocycles. The molecule has 3 rings (SSSR count). The molecule has 0 aromatic rings. The Kier molecular flexibility index (Phi) is 4.45. The van der Waals surface area contributed by atoms with Gasteiger partial charge >= 0.3 is 0 Å². The molecule has 3 unspecified atom stereocenters. The van der Waals surface area contributed by atoms with Crippen molar-refractivity contribution in [2.75, 3.05) is 26.7 Å². The summed E-state index contributed by atoms with van der Waals surface area (Å²) in [5.74, 6) is 0. The van der Waals surface area contributed by atoms with Crippen LogP contribution in [-0.2, 0) is 0 Å². The second-order valence-corrected chi connectivity index (χ2v) is 6.91. The average Bonchev–Trinajstić information content (AvgIpc) is 2.63. The molecule has 3 saturated heterocycles. The molecule has 2 bridgehead atoms. The number of rotatable bonds is 2. The van der Waals surface area contributed by atoms with Gasteiger partial charge in [0.05, 0.1) is 0 Å². The van der Waals surface area contributed by atoms with Gasteiger partial charge in [-0.1, -0.05) is 13.3 Å². The Bertz CT molecular complexity index is 280. The molecule has 3 nitrogen and oxygen atoms in total. The van der Waals surface area contributed by atoms with Gasteiger partial charge in [-0.3, -0.25) is 4.90 Å². The third kappa shape index (κ3) is 2.98. The second kappa shape index (κ2) is 6.11. The van der Waals surface area contributed by atoms with Gasteiger partial charge in [-0.15, -0.1) is 0 Å². The molecule has 0 amide bonds. The smallest absolute Gasteiger partial charge is 0.0126 e. The van der Waals surface area contributed by atoms with E-state index in [2.05, 4.69) is 29.1 Å². The highest BCUT2D eigenvalue weighted by Crippen LogP contribution is 2.34. The van der Waals surface area contributed by atoms with Gasteiger partial charge in [0.2, 0.25) is 0 Å². The summed E-state index contributed by atoms with van der Waals surface area (Å²) in [6, 6.07) is 3.37. The van der Waals surface area contributed by atoms with Crippen LogP contribution in [0.5, 0.6) is 0 Å². The van der Waals surface area contributed by atoms with Gasteiger partial charge in [-0.2, -0.15) is 0 Å². The number of hydrogen-bond acceptors (Lipinski definition) is 3. The summed E-state index contributed by atoms with van der Waals surface area (Å²) in [5, 5.41) is 3.71. The van der Waals surface area contributed by atoms with Crippen molar-refractivity contribution in [3.05, 3.63) is 0 Å². The summed E-state index contributed by atoms with van der Waals surface area (Å²) < 4.78 is 0. The van der Waals surface area contributed by atoms with Crippen molar-refractivity contribution in [3.63, 3.8) is 0 Å². The Morgan fingerprint density at radius 1 is 1.00 bits per heavy atom. The minimum Gasteiger partial charge on any atom is -0.313 e. The topological polar surface area (TPSA) is 18.5 Å². The second-order valence-electron chi connectivity index (χ2n) is 6.91. The predicted octanol–water partition coefficient (Wildman–Crippen LogP) is 2.08. The normalized spacial score (nSPS) is 42.0. The number of piperidine rings is 2. The van der Waals surface area contributed by atoms with E-state index in [-0.39, 0.29) is 0 Å². The van der Waals surface area contributed by atoms with Gasteiger partial charge in [-0.05, 0) is 52.1 Å². The van der Waals surface area contributed by atoms with Crippen molar-refractivity contribution in [2.45, 2.75) is 76.0 Å². The quantitative estimate of drug-likeness (QED) is 0.825. The van der Waals surface area contributed by atoms with Crippen molar-refractivity contribution in [1.29, 1.82) is 0 Å². The van der Waals surface area contributed by atoms with Crippen LogP contribution in [0.2, 0.25) is 0 Å². The molecule has 1 N–H and O–H groups in total. The van der Waals surface area contributed by atoms with Crippen molar-refractivity contribution >= 4 is 0 Å². The summed E-state index contributed by atoms with van der Waals surface area (Å²) in [6.45, 7) is 6.09. The molecule has 3 aliphatic rings.